The van der Waals surface area contributed by atoms with Crippen molar-refractivity contribution in [1.82, 2.24) is 9.80 Å². The molecule has 0 spiro atoms. The summed E-state index contributed by atoms with van der Waals surface area (Å²) >= 11 is 0. The minimum absolute atomic E-state index is 0.144. The largest absolute Gasteiger partial charge is 0.494 e. The zero-order chi connectivity index (χ0) is 21.3. The zero-order valence-corrected chi connectivity index (χ0v) is 17.6. The van der Waals surface area contributed by atoms with Gasteiger partial charge >= 0.3 is 0 Å². The lowest BCUT2D eigenvalue weighted by Crippen LogP contribution is -2.32. The minimum atomic E-state index is -0.466. The Morgan fingerprint density at radius 2 is 1.80 bits per heavy atom. The minimum Gasteiger partial charge on any atom is -0.494 e. The third kappa shape index (κ3) is 3.59. The number of fused-ring (bicyclic) bond motifs is 2. The van der Waals surface area contributed by atoms with E-state index in [4.69, 9.17) is 9.15 Å². The van der Waals surface area contributed by atoms with E-state index in [0.717, 1.165) is 24.3 Å². The smallest absolute Gasteiger partial charge is 0.290 e. The fraction of sp³-hybridized carbons (Fsp3) is 0.333. The van der Waals surface area contributed by atoms with Gasteiger partial charge in [-0.2, -0.15) is 0 Å². The van der Waals surface area contributed by atoms with Crippen molar-refractivity contribution in [2.45, 2.75) is 19.4 Å². The van der Waals surface area contributed by atoms with Crippen LogP contribution in [-0.4, -0.2) is 49.5 Å². The van der Waals surface area contributed by atoms with Crippen LogP contribution < -0.4 is 10.2 Å². The maximum atomic E-state index is 13.4. The van der Waals surface area contributed by atoms with Crippen LogP contribution in [0.4, 0.5) is 0 Å². The number of carbonyl (C=O) groups excluding carboxylic acids is 1. The van der Waals surface area contributed by atoms with E-state index in [1.807, 2.05) is 51.4 Å². The molecule has 3 aromatic rings. The Balaban J connectivity index is 1.82. The lowest BCUT2D eigenvalue weighted by atomic mass is 9.98. The van der Waals surface area contributed by atoms with E-state index >= 15 is 0 Å². The maximum Gasteiger partial charge on any atom is 0.290 e. The predicted molar refractivity (Wildman–Crippen MR) is 116 cm³/mol. The Labute approximate surface area is 175 Å². The third-order valence-electron chi connectivity index (χ3n) is 5.38. The second-order valence-corrected chi connectivity index (χ2v) is 7.73. The molecular formula is C24H26N2O4. The summed E-state index contributed by atoms with van der Waals surface area (Å²) in [4.78, 5) is 30.5. The first-order valence-corrected chi connectivity index (χ1v) is 10.3. The van der Waals surface area contributed by atoms with Crippen LogP contribution in [0.2, 0.25) is 0 Å². The van der Waals surface area contributed by atoms with Crippen molar-refractivity contribution in [1.29, 1.82) is 0 Å². The highest BCUT2D eigenvalue weighted by Gasteiger charge is 2.42. The van der Waals surface area contributed by atoms with Gasteiger partial charge in [-0.1, -0.05) is 24.3 Å². The topological polar surface area (TPSA) is 63.0 Å². The average Bonchev–Trinajstić information content (AvgIpc) is 3.01. The molecule has 156 valence electrons. The molecule has 0 N–H and O–H groups in total. The fourth-order valence-corrected chi connectivity index (χ4v) is 4.01. The summed E-state index contributed by atoms with van der Waals surface area (Å²) < 4.78 is 11.5. The molecule has 0 fully saturated rings. The van der Waals surface area contributed by atoms with E-state index in [2.05, 4.69) is 4.90 Å². The molecule has 1 aromatic heterocycles. The van der Waals surface area contributed by atoms with Gasteiger partial charge < -0.3 is 19.0 Å². The van der Waals surface area contributed by atoms with Crippen molar-refractivity contribution in [3.63, 3.8) is 0 Å². The average molecular weight is 406 g/mol. The molecule has 6 nitrogen and oxygen atoms in total. The van der Waals surface area contributed by atoms with E-state index < -0.39 is 6.04 Å². The third-order valence-corrected chi connectivity index (χ3v) is 5.38. The molecule has 30 heavy (non-hydrogen) atoms. The van der Waals surface area contributed by atoms with Gasteiger partial charge in [0.2, 0.25) is 5.76 Å². The van der Waals surface area contributed by atoms with Crippen molar-refractivity contribution < 1.29 is 13.9 Å². The normalized spacial score (nSPS) is 15.8. The van der Waals surface area contributed by atoms with Crippen molar-refractivity contribution in [3.8, 4) is 5.75 Å². The van der Waals surface area contributed by atoms with Gasteiger partial charge in [-0.25, -0.2) is 0 Å². The molecule has 6 heteroatoms. The molecule has 1 aliphatic heterocycles. The van der Waals surface area contributed by atoms with Gasteiger partial charge in [0.05, 0.1) is 23.6 Å². The zero-order valence-electron chi connectivity index (χ0n) is 17.6. The SMILES string of the molecule is CCOc1ccc(C2c3c(oc4ccccc4c3=O)C(=O)N2CCCN(C)C)cc1. The molecule has 1 atom stereocenters. The molecule has 4 rings (SSSR count). The molecule has 0 bridgehead atoms. The van der Waals surface area contributed by atoms with Crippen LogP contribution in [0.3, 0.4) is 0 Å². The highest BCUT2D eigenvalue weighted by Crippen LogP contribution is 2.38. The summed E-state index contributed by atoms with van der Waals surface area (Å²) in [6, 6.07) is 14.2. The van der Waals surface area contributed by atoms with Gasteiger partial charge in [0.1, 0.15) is 11.3 Å². The van der Waals surface area contributed by atoms with E-state index in [9.17, 15) is 9.59 Å². The van der Waals surface area contributed by atoms with E-state index in [-0.39, 0.29) is 17.1 Å². The highest BCUT2D eigenvalue weighted by atomic mass is 16.5. The van der Waals surface area contributed by atoms with Crippen molar-refractivity contribution >= 4 is 16.9 Å². The summed E-state index contributed by atoms with van der Waals surface area (Å²) in [6.07, 6.45) is 0.800. The van der Waals surface area contributed by atoms with Crippen LogP contribution in [-0.2, 0) is 0 Å². The number of nitrogens with zero attached hydrogens (tertiary/aromatic N) is 2. The maximum absolute atomic E-state index is 13.4. The standard InChI is InChI=1S/C24H26N2O4/c1-4-29-17-12-10-16(11-13-17)21-20-22(27)18-8-5-6-9-19(18)30-23(20)24(28)26(21)15-7-14-25(2)3/h5-6,8-13,21H,4,7,14-15H2,1-3H3. The molecule has 0 saturated heterocycles. The molecule has 2 heterocycles. The number of ether oxygens (including phenoxy) is 1. The summed E-state index contributed by atoms with van der Waals surface area (Å²) in [5, 5.41) is 0.495. The Bertz CT molecular complexity index is 1120. The molecule has 1 aliphatic rings. The summed E-state index contributed by atoms with van der Waals surface area (Å²) in [6.45, 7) is 3.90. The first kappa shape index (κ1) is 20.2. The molecule has 1 amide bonds. The number of carbonyl (C=O) groups is 1. The summed E-state index contributed by atoms with van der Waals surface area (Å²) in [5.74, 6) is 0.684. The van der Waals surface area contributed by atoms with Crippen LogP contribution in [0.25, 0.3) is 11.0 Å². The van der Waals surface area contributed by atoms with Crippen molar-refractivity contribution in [2.75, 3.05) is 33.8 Å². The number of hydrogen-bond acceptors (Lipinski definition) is 5. The van der Waals surface area contributed by atoms with Gasteiger partial charge in [0, 0.05) is 6.54 Å². The monoisotopic (exact) mass is 406 g/mol. The van der Waals surface area contributed by atoms with Crippen molar-refractivity contribution in [2.24, 2.45) is 0 Å². The summed E-state index contributed by atoms with van der Waals surface area (Å²) in [5.41, 5.74) is 1.59. The van der Waals surface area contributed by atoms with Gasteiger partial charge in [-0.3, -0.25) is 9.59 Å². The predicted octanol–water partition coefficient (Wildman–Crippen LogP) is 3.69. The first-order valence-electron chi connectivity index (χ1n) is 10.3. The molecule has 0 saturated carbocycles. The Kier molecular flexibility index (Phi) is 5.59. The van der Waals surface area contributed by atoms with Crippen LogP contribution in [0.15, 0.2) is 57.7 Å². The van der Waals surface area contributed by atoms with E-state index in [0.29, 0.717) is 29.7 Å². The van der Waals surface area contributed by atoms with Gasteiger partial charge in [-0.15, -0.1) is 0 Å². The lowest BCUT2D eigenvalue weighted by molar-refractivity contribution is 0.0722. The van der Waals surface area contributed by atoms with Crippen LogP contribution in [0, 0.1) is 0 Å². The first-order chi connectivity index (χ1) is 14.5. The molecule has 0 aliphatic carbocycles. The fourth-order valence-electron chi connectivity index (χ4n) is 4.01. The van der Waals surface area contributed by atoms with Gasteiger partial charge in [0.25, 0.3) is 5.91 Å². The molecule has 1 unspecified atom stereocenters. The van der Waals surface area contributed by atoms with Gasteiger partial charge in [0.15, 0.2) is 5.43 Å². The number of hydrogen-bond donors (Lipinski definition) is 0. The number of rotatable bonds is 7. The lowest BCUT2D eigenvalue weighted by Gasteiger charge is -2.26. The molecule has 0 radical (unpaired) electrons. The molecule has 2 aromatic carbocycles. The Hall–Kier alpha value is -3.12. The van der Waals surface area contributed by atoms with Crippen LogP contribution >= 0.6 is 0 Å². The quantitative estimate of drug-likeness (QED) is 0.599. The van der Waals surface area contributed by atoms with Crippen LogP contribution in [0.1, 0.15) is 41.1 Å². The molecular weight excluding hydrogens is 380 g/mol. The number of para-hydroxylation sites is 1. The Morgan fingerprint density at radius 1 is 1.07 bits per heavy atom. The van der Waals surface area contributed by atoms with E-state index in [1.54, 1.807) is 23.1 Å². The number of amides is 1. The van der Waals surface area contributed by atoms with Gasteiger partial charge in [-0.05, 0) is 63.8 Å². The number of benzene rings is 2. The highest BCUT2D eigenvalue weighted by molar-refractivity contribution is 5.99. The Morgan fingerprint density at radius 3 is 2.50 bits per heavy atom. The van der Waals surface area contributed by atoms with Crippen molar-refractivity contribution in [3.05, 3.63) is 75.6 Å². The van der Waals surface area contributed by atoms with E-state index in [1.165, 1.54) is 0 Å². The van der Waals surface area contributed by atoms with Crippen LogP contribution in [0.5, 0.6) is 5.75 Å². The summed E-state index contributed by atoms with van der Waals surface area (Å²) in [7, 11) is 4.00. The second-order valence-electron chi connectivity index (χ2n) is 7.73. The second kappa shape index (κ2) is 8.32.